The summed E-state index contributed by atoms with van der Waals surface area (Å²) < 4.78 is 0.973. The summed E-state index contributed by atoms with van der Waals surface area (Å²) in [4.78, 5) is 13.9. The van der Waals surface area contributed by atoms with Crippen LogP contribution in [0.5, 0.6) is 0 Å². The van der Waals surface area contributed by atoms with E-state index < -0.39 is 5.97 Å². The van der Waals surface area contributed by atoms with Gasteiger partial charge in [0.1, 0.15) is 5.69 Å². The lowest BCUT2D eigenvalue weighted by Gasteiger charge is -2.00. The second kappa shape index (κ2) is 4.72. The van der Waals surface area contributed by atoms with Gasteiger partial charge in [-0.25, -0.2) is 4.79 Å². The molecule has 0 aliphatic heterocycles. The first-order chi connectivity index (χ1) is 9.13. The zero-order chi connectivity index (χ0) is 13.4. The van der Waals surface area contributed by atoms with Gasteiger partial charge < -0.3 is 10.1 Å². The minimum atomic E-state index is -0.930. The highest BCUT2D eigenvalue weighted by molar-refractivity contribution is 7.17. The van der Waals surface area contributed by atoms with E-state index in [1.54, 1.807) is 17.4 Å². The Morgan fingerprint density at radius 3 is 2.74 bits per heavy atom. The zero-order valence-corrected chi connectivity index (χ0v) is 11.4. The standard InChI is InChI=1S/C14H10ClNO2S/c15-10-3-1-8(2-4-10)5-9-7-19-12-6-11(14(17)18)16-13(9)12/h1-4,6-7,16H,5H2,(H,17,18). The minimum absolute atomic E-state index is 0.235. The van der Waals surface area contributed by atoms with E-state index in [2.05, 4.69) is 10.4 Å². The fraction of sp³-hybridized carbons (Fsp3) is 0.0714. The molecule has 0 aliphatic rings. The van der Waals surface area contributed by atoms with Crippen LogP contribution in [-0.4, -0.2) is 16.1 Å². The number of hydrogen-bond acceptors (Lipinski definition) is 2. The van der Waals surface area contributed by atoms with Crippen LogP contribution in [0, 0.1) is 0 Å². The second-order valence-corrected chi connectivity index (χ2v) is 5.64. The van der Waals surface area contributed by atoms with E-state index in [0.717, 1.165) is 27.8 Å². The van der Waals surface area contributed by atoms with Crippen molar-refractivity contribution in [2.45, 2.75) is 6.42 Å². The van der Waals surface area contributed by atoms with Crippen molar-refractivity contribution >= 4 is 39.1 Å². The second-order valence-electron chi connectivity index (χ2n) is 4.29. The van der Waals surface area contributed by atoms with Gasteiger partial charge >= 0.3 is 5.97 Å². The maximum atomic E-state index is 10.9. The molecule has 1 aromatic carbocycles. The summed E-state index contributed by atoms with van der Waals surface area (Å²) in [5.41, 5.74) is 3.40. The lowest BCUT2D eigenvalue weighted by Crippen LogP contribution is -1.95. The molecule has 2 heterocycles. The molecule has 2 N–H and O–H groups in total. The quantitative estimate of drug-likeness (QED) is 0.761. The third-order valence-electron chi connectivity index (χ3n) is 2.97. The van der Waals surface area contributed by atoms with E-state index in [1.807, 2.05) is 24.3 Å². The summed E-state index contributed by atoms with van der Waals surface area (Å²) >= 11 is 7.41. The number of carbonyl (C=O) groups is 1. The minimum Gasteiger partial charge on any atom is -0.477 e. The molecule has 0 atom stereocenters. The van der Waals surface area contributed by atoms with E-state index in [0.29, 0.717) is 5.02 Å². The average molecular weight is 292 g/mol. The highest BCUT2D eigenvalue weighted by atomic mass is 35.5. The molecule has 19 heavy (non-hydrogen) atoms. The predicted octanol–water partition coefficient (Wildman–Crippen LogP) is 4.17. The molecular formula is C14H10ClNO2S. The number of halogens is 1. The zero-order valence-electron chi connectivity index (χ0n) is 9.81. The molecule has 0 fully saturated rings. The summed E-state index contributed by atoms with van der Waals surface area (Å²) in [6.07, 6.45) is 0.761. The molecule has 3 aromatic rings. The molecule has 96 valence electrons. The largest absolute Gasteiger partial charge is 0.477 e. The first kappa shape index (κ1) is 12.3. The van der Waals surface area contributed by atoms with E-state index in [9.17, 15) is 4.79 Å². The molecule has 5 heteroatoms. The molecule has 0 bridgehead atoms. The van der Waals surface area contributed by atoms with Gasteiger partial charge in [0.25, 0.3) is 0 Å². The molecule has 0 saturated carbocycles. The number of H-pyrrole nitrogens is 1. The third-order valence-corrected chi connectivity index (χ3v) is 4.20. The number of carboxylic acids is 1. The number of thiophene rings is 1. The maximum Gasteiger partial charge on any atom is 0.352 e. The van der Waals surface area contributed by atoms with Crippen molar-refractivity contribution in [3.05, 3.63) is 57.6 Å². The number of aromatic carboxylic acids is 1. The molecule has 0 spiro atoms. The molecule has 0 aliphatic carbocycles. The van der Waals surface area contributed by atoms with Gasteiger partial charge in [-0.2, -0.15) is 0 Å². The number of aromatic nitrogens is 1. The van der Waals surface area contributed by atoms with Gasteiger partial charge in [0.2, 0.25) is 0 Å². The van der Waals surface area contributed by atoms with Gasteiger partial charge in [-0.05, 0) is 34.7 Å². The summed E-state index contributed by atoms with van der Waals surface area (Å²) in [6.45, 7) is 0. The van der Waals surface area contributed by atoms with Crippen molar-refractivity contribution in [1.29, 1.82) is 0 Å². The van der Waals surface area contributed by atoms with Crippen LogP contribution in [0.25, 0.3) is 10.2 Å². The Kier molecular flexibility index (Phi) is 3.05. The smallest absolute Gasteiger partial charge is 0.352 e. The molecule has 0 amide bonds. The van der Waals surface area contributed by atoms with E-state index >= 15 is 0 Å². The average Bonchev–Trinajstić information content (AvgIpc) is 2.94. The van der Waals surface area contributed by atoms with E-state index in [4.69, 9.17) is 16.7 Å². The summed E-state index contributed by atoms with van der Waals surface area (Å²) in [5, 5.41) is 11.7. The Labute approximate surface area is 118 Å². The van der Waals surface area contributed by atoms with E-state index in [-0.39, 0.29) is 5.69 Å². The first-order valence-corrected chi connectivity index (χ1v) is 6.96. The topological polar surface area (TPSA) is 53.1 Å². The summed E-state index contributed by atoms with van der Waals surface area (Å²) in [6, 6.07) is 9.35. The van der Waals surface area contributed by atoms with Crippen molar-refractivity contribution < 1.29 is 9.90 Å². The Bertz CT molecular complexity index is 742. The van der Waals surface area contributed by atoms with Crippen molar-refractivity contribution in [2.24, 2.45) is 0 Å². The number of benzene rings is 1. The number of fused-ring (bicyclic) bond motifs is 1. The van der Waals surface area contributed by atoms with E-state index in [1.165, 1.54) is 0 Å². The van der Waals surface area contributed by atoms with Gasteiger partial charge in [-0.3, -0.25) is 0 Å². The van der Waals surface area contributed by atoms with Gasteiger partial charge in [0.15, 0.2) is 0 Å². The van der Waals surface area contributed by atoms with Crippen molar-refractivity contribution in [3.63, 3.8) is 0 Å². The molecule has 3 rings (SSSR count). The van der Waals surface area contributed by atoms with Crippen LogP contribution in [0.3, 0.4) is 0 Å². The van der Waals surface area contributed by atoms with Gasteiger partial charge in [0.05, 0.1) is 10.2 Å². The van der Waals surface area contributed by atoms with Crippen molar-refractivity contribution in [2.75, 3.05) is 0 Å². The van der Waals surface area contributed by atoms with Crippen LogP contribution < -0.4 is 0 Å². The lowest BCUT2D eigenvalue weighted by atomic mass is 10.1. The number of carboxylic acid groups (broad SMARTS) is 1. The van der Waals surface area contributed by atoms with Gasteiger partial charge in [-0.15, -0.1) is 11.3 Å². The maximum absolute atomic E-state index is 10.9. The lowest BCUT2D eigenvalue weighted by molar-refractivity contribution is 0.0691. The molecule has 2 aromatic heterocycles. The highest BCUT2D eigenvalue weighted by Crippen LogP contribution is 2.28. The van der Waals surface area contributed by atoms with Crippen LogP contribution >= 0.6 is 22.9 Å². The number of aromatic amines is 1. The fourth-order valence-electron chi connectivity index (χ4n) is 2.03. The number of rotatable bonds is 3. The van der Waals surface area contributed by atoms with Crippen molar-refractivity contribution in [1.82, 2.24) is 4.98 Å². The van der Waals surface area contributed by atoms with Crippen LogP contribution in [0.1, 0.15) is 21.6 Å². The van der Waals surface area contributed by atoms with Crippen LogP contribution in [0.2, 0.25) is 5.02 Å². The highest BCUT2D eigenvalue weighted by Gasteiger charge is 2.12. The Hall–Kier alpha value is -1.78. The monoisotopic (exact) mass is 291 g/mol. The predicted molar refractivity (Wildman–Crippen MR) is 77.4 cm³/mol. The summed E-state index contributed by atoms with van der Waals surface area (Å²) in [7, 11) is 0. The SMILES string of the molecule is O=C(O)c1cc2scc(Cc3ccc(Cl)cc3)c2[nH]1. The van der Waals surface area contributed by atoms with Gasteiger partial charge in [0, 0.05) is 11.4 Å². The normalized spacial score (nSPS) is 11.0. The third kappa shape index (κ3) is 2.37. The number of nitrogens with one attached hydrogen (secondary N) is 1. The molecular weight excluding hydrogens is 282 g/mol. The Morgan fingerprint density at radius 1 is 1.32 bits per heavy atom. The molecule has 0 unspecified atom stereocenters. The number of hydrogen-bond donors (Lipinski definition) is 2. The molecule has 0 radical (unpaired) electrons. The molecule has 0 saturated heterocycles. The summed E-state index contributed by atoms with van der Waals surface area (Å²) in [5.74, 6) is -0.930. The van der Waals surface area contributed by atoms with Crippen LogP contribution in [0.15, 0.2) is 35.7 Å². The first-order valence-electron chi connectivity index (χ1n) is 5.70. The van der Waals surface area contributed by atoms with Crippen LogP contribution in [0.4, 0.5) is 0 Å². The van der Waals surface area contributed by atoms with Gasteiger partial charge in [-0.1, -0.05) is 23.7 Å². The Balaban J connectivity index is 1.96. The molecule has 3 nitrogen and oxygen atoms in total. The van der Waals surface area contributed by atoms with Crippen LogP contribution in [-0.2, 0) is 6.42 Å². The Morgan fingerprint density at radius 2 is 2.05 bits per heavy atom. The fourth-order valence-corrected chi connectivity index (χ4v) is 3.11. The van der Waals surface area contributed by atoms with Crippen molar-refractivity contribution in [3.8, 4) is 0 Å².